The predicted molar refractivity (Wildman–Crippen MR) is 75.9 cm³/mol. The van der Waals surface area contributed by atoms with Gasteiger partial charge in [0, 0.05) is 10.9 Å². The number of nitrogens with zero attached hydrogens (tertiary/aromatic N) is 3. The third-order valence-electron chi connectivity index (χ3n) is 3.56. The number of rotatable bonds is 3. The quantitative estimate of drug-likeness (QED) is 0.870. The van der Waals surface area contributed by atoms with Gasteiger partial charge in [0.1, 0.15) is 0 Å². The highest BCUT2D eigenvalue weighted by molar-refractivity contribution is 9.10. The van der Waals surface area contributed by atoms with Gasteiger partial charge in [-0.15, -0.1) is 0 Å². The van der Waals surface area contributed by atoms with E-state index in [2.05, 4.69) is 50.2 Å². The number of likely N-dealkylation sites (tertiary alicyclic amines) is 1. The monoisotopic (exact) mass is 321 g/mol. The molecule has 0 amide bonds. The molecule has 1 aliphatic heterocycles. The molecule has 2 heterocycles. The van der Waals surface area contributed by atoms with Crippen LogP contribution in [0.2, 0.25) is 0 Å². The lowest BCUT2D eigenvalue weighted by Crippen LogP contribution is -2.17. The van der Waals surface area contributed by atoms with Crippen molar-refractivity contribution in [1.29, 1.82) is 0 Å². The van der Waals surface area contributed by atoms with E-state index < -0.39 is 0 Å². The van der Waals surface area contributed by atoms with Gasteiger partial charge in [0.25, 0.3) is 0 Å². The molecule has 5 heteroatoms. The van der Waals surface area contributed by atoms with Crippen LogP contribution in [0.1, 0.15) is 36.2 Å². The van der Waals surface area contributed by atoms with Gasteiger partial charge in [0.05, 0.1) is 6.04 Å². The highest BCUT2D eigenvalue weighted by Crippen LogP contribution is 2.29. The summed E-state index contributed by atoms with van der Waals surface area (Å²) in [7, 11) is 2.11. The van der Waals surface area contributed by atoms with E-state index in [0.29, 0.717) is 12.5 Å². The van der Waals surface area contributed by atoms with Crippen LogP contribution >= 0.6 is 15.9 Å². The Kier molecular flexibility index (Phi) is 3.66. The molecule has 0 saturated carbocycles. The van der Waals surface area contributed by atoms with Crippen molar-refractivity contribution in [3.8, 4) is 0 Å². The number of hydrogen-bond donors (Lipinski definition) is 0. The fourth-order valence-corrected chi connectivity index (χ4v) is 2.75. The van der Waals surface area contributed by atoms with Crippen LogP contribution in [0.3, 0.4) is 0 Å². The van der Waals surface area contributed by atoms with E-state index in [1.165, 1.54) is 12.0 Å². The van der Waals surface area contributed by atoms with Gasteiger partial charge in [-0.3, -0.25) is 4.90 Å². The summed E-state index contributed by atoms with van der Waals surface area (Å²) in [5.41, 5.74) is 1.19. The molecule has 1 saturated heterocycles. The van der Waals surface area contributed by atoms with E-state index in [4.69, 9.17) is 4.52 Å². The Labute approximate surface area is 120 Å². The maximum Gasteiger partial charge on any atom is 0.243 e. The summed E-state index contributed by atoms with van der Waals surface area (Å²) in [6, 6.07) is 8.50. The van der Waals surface area contributed by atoms with Crippen molar-refractivity contribution < 1.29 is 4.52 Å². The fourth-order valence-electron chi connectivity index (χ4n) is 2.48. The van der Waals surface area contributed by atoms with E-state index >= 15 is 0 Å². The highest BCUT2D eigenvalue weighted by Gasteiger charge is 2.27. The average Bonchev–Trinajstić information content (AvgIpc) is 3.01. The molecule has 0 spiro atoms. The van der Waals surface area contributed by atoms with Crippen molar-refractivity contribution >= 4 is 15.9 Å². The zero-order chi connectivity index (χ0) is 13.2. The van der Waals surface area contributed by atoms with Crippen LogP contribution in [0.15, 0.2) is 33.3 Å². The van der Waals surface area contributed by atoms with Gasteiger partial charge in [0.2, 0.25) is 5.89 Å². The lowest BCUT2D eigenvalue weighted by atomic mass is 10.1. The van der Waals surface area contributed by atoms with Crippen molar-refractivity contribution in [2.24, 2.45) is 0 Å². The predicted octanol–water partition coefficient (Wildman–Crippen LogP) is 3.19. The van der Waals surface area contributed by atoms with Gasteiger partial charge in [-0.1, -0.05) is 33.2 Å². The minimum absolute atomic E-state index is 0.297. The molecule has 4 nitrogen and oxygen atoms in total. The van der Waals surface area contributed by atoms with Crippen molar-refractivity contribution in [2.45, 2.75) is 25.3 Å². The minimum atomic E-state index is 0.297. The second-order valence-electron chi connectivity index (χ2n) is 4.99. The number of benzene rings is 1. The molecule has 0 N–H and O–H groups in total. The standard InChI is InChI=1S/C14H16BrN3O/c1-18-8-2-3-12(18)14-16-13(17-19-14)9-10-4-6-11(15)7-5-10/h4-7,12H,2-3,8-9H2,1H3. The molecule has 0 aliphatic carbocycles. The highest BCUT2D eigenvalue weighted by atomic mass is 79.9. The summed E-state index contributed by atoms with van der Waals surface area (Å²) in [5.74, 6) is 1.52. The second kappa shape index (κ2) is 5.43. The SMILES string of the molecule is CN1CCCC1c1nc(Cc2ccc(Br)cc2)no1. The summed E-state index contributed by atoms with van der Waals surface area (Å²) in [4.78, 5) is 6.80. The van der Waals surface area contributed by atoms with Crippen molar-refractivity contribution in [1.82, 2.24) is 15.0 Å². The first-order valence-corrected chi connectivity index (χ1v) is 7.29. The lowest BCUT2D eigenvalue weighted by molar-refractivity contribution is 0.244. The van der Waals surface area contributed by atoms with E-state index in [-0.39, 0.29) is 0 Å². The zero-order valence-corrected chi connectivity index (χ0v) is 12.4. The van der Waals surface area contributed by atoms with Crippen LogP contribution in [0.4, 0.5) is 0 Å². The topological polar surface area (TPSA) is 42.2 Å². The molecule has 1 aromatic heterocycles. The maximum atomic E-state index is 5.40. The molecule has 1 aromatic carbocycles. The largest absolute Gasteiger partial charge is 0.338 e. The van der Waals surface area contributed by atoms with Gasteiger partial charge in [-0.2, -0.15) is 4.98 Å². The van der Waals surface area contributed by atoms with Crippen LogP contribution in [0.5, 0.6) is 0 Å². The Morgan fingerprint density at radius 3 is 2.84 bits per heavy atom. The third-order valence-corrected chi connectivity index (χ3v) is 4.09. The molecule has 1 aliphatic rings. The minimum Gasteiger partial charge on any atom is -0.338 e. The molecular weight excluding hydrogens is 306 g/mol. The van der Waals surface area contributed by atoms with Gasteiger partial charge in [0.15, 0.2) is 5.82 Å². The Bertz CT molecular complexity index is 552. The summed E-state index contributed by atoms with van der Waals surface area (Å²) in [5, 5.41) is 4.09. The van der Waals surface area contributed by atoms with E-state index in [1.54, 1.807) is 0 Å². The maximum absolute atomic E-state index is 5.40. The van der Waals surface area contributed by atoms with Gasteiger partial charge < -0.3 is 4.52 Å². The van der Waals surface area contributed by atoms with E-state index in [0.717, 1.165) is 29.2 Å². The Morgan fingerprint density at radius 2 is 2.16 bits per heavy atom. The van der Waals surface area contributed by atoms with E-state index in [1.807, 2.05) is 12.1 Å². The number of hydrogen-bond acceptors (Lipinski definition) is 4. The summed E-state index contributed by atoms with van der Waals surface area (Å²) < 4.78 is 6.48. The average molecular weight is 322 g/mol. The normalized spacial score (nSPS) is 20.0. The second-order valence-corrected chi connectivity index (χ2v) is 5.91. The summed E-state index contributed by atoms with van der Waals surface area (Å²) >= 11 is 3.43. The molecule has 100 valence electrons. The first-order chi connectivity index (χ1) is 9.22. The summed E-state index contributed by atoms with van der Waals surface area (Å²) in [6.07, 6.45) is 3.02. The molecular formula is C14H16BrN3O. The molecule has 3 rings (SSSR count). The zero-order valence-electron chi connectivity index (χ0n) is 10.8. The molecule has 1 unspecified atom stereocenters. The van der Waals surface area contributed by atoms with Crippen molar-refractivity contribution in [3.63, 3.8) is 0 Å². The van der Waals surface area contributed by atoms with E-state index in [9.17, 15) is 0 Å². The van der Waals surface area contributed by atoms with Gasteiger partial charge in [-0.05, 0) is 44.1 Å². The Morgan fingerprint density at radius 1 is 1.37 bits per heavy atom. The number of halogens is 1. The first kappa shape index (κ1) is 12.8. The fraction of sp³-hybridized carbons (Fsp3) is 0.429. The molecule has 1 atom stereocenters. The molecule has 2 aromatic rings. The first-order valence-electron chi connectivity index (χ1n) is 6.49. The van der Waals surface area contributed by atoms with Gasteiger partial charge >= 0.3 is 0 Å². The summed E-state index contributed by atoms with van der Waals surface area (Å²) in [6.45, 7) is 1.11. The van der Waals surface area contributed by atoms with Crippen LogP contribution in [-0.2, 0) is 6.42 Å². The molecule has 1 fully saturated rings. The lowest BCUT2D eigenvalue weighted by Gasteiger charge is -2.14. The molecule has 0 radical (unpaired) electrons. The van der Waals surface area contributed by atoms with Crippen molar-refractivity contribution in [3.05, 3.63) is 46.0 Å². The smallest absolute Gasteiger partial charge is 0.243 e. The van der Waals surface area contributed by atoms with Crippen molar-refractivity contribution in [2.75, 3.05) is 13.6 Å². The molecule has 19 heavy (non-hydrogen) atoms. The molecule has 0 bridgehead atoms. The van der Waals surface area contributed by atoms with Crippen LogP contribution in [0.25, 0.3) is 0 Å². The Balaban J connectivity index is 1.72. The van der Waals surface area contributed by atoms with Crippen LogP contribution in [0, 0.1) is 0 Å². The van der Waals surface area contributed by atoms with Crippen LogP contribution < -0.4 is 0 Å². The third kappa shape index (κ3) is 2.87. The van der Waals surface area contributed by atoms with Crippen LogP contribution in [-0.4, -0.2) is 28.6 Å². The van der Waals surface area contributed by atoms with Gasteiger partial charge in [-0.25, -0.2) is 0 Å². The number of aromatic nitrogens is 2. The Hall–Kier alpha value is -1.20.